The summed E-state index contributed by atoms with van der Waals surface area (Å²) in [6, 6.07) is 5.41. The molecule has 0 saturated heterocycles. The molecule has 0 aliphatic carbocycles. The standard InChI is InChI=1S/C13H13N3O/c1-8-5-7-16-13(14)10(8)12(17)11-9(2)4-3-6-15-11/h3-7H,1-2H3,(H2,14,16). The number of aromatic nitrogens is 2. The number of nitrogen functional groups attached to an aromatic ring is 1. The SMILES string of the molecule is Cc1cccnc1C(=O)c1c(C)ccnc1N. The summed E-state index contributed by atoms with van der Waals surface area (Å²) < 4.78 is 0. The second kappa shape index (κ2) is 4.33. The van der Waals surface area contributed by atoms with Gasteiger partial charge >= 0.3 is 0 Å². The van der Waals surface area contributed by atoms with Crippen LogP contribution in [-0.2, 0) is 0 Å². The summed E-state index contributed by atoms with van der Waals surface area (Å²) in [6.07, 6.45) is 3.19. The summed E-state index contributed by atoms with van der Waals surface area (Å²) in [5, 5.41) is 0. The largest absolute Gasteiger partial charge is 0.383 e. The molecule has 2 N–H and O–H groups in total. The Morgan fingerprint density at radius 1 is 1.12 bits per heavy atom. The van der Waals surface area contributed by atoms with Crippen LogP contribution in [0.25, 0.3) is 0 Å². The second-order valence-corrected chi connectivity index (χ2v) is 3.89. The molecule has 2 rings (SSSR count). The smallest absolute Gasteiger partial charge is 0.215 e. The van der Waals surface area contributed by atoms with Crippen LogP contribution in [0.15, 0.2) is 30.6 Å². The Bertz CT molecular complexity index is 558. The van der Waals surface area contributed by atoms with Gasteiger partial charge in [-0.05, 0) is 37.1 Å². The number of carbonyl (C=O) groups excluding carboxylic acids is 1. The lowest BCUT2D eigenvalue weighted by Crippen LogP contribution is -2.11. The molecule has 0 aromatic carbocycles. The Balaban J connectivity index is 2.56. The minimum absolute atomic E-state index is 0.175. The van der Waals surface area contributed by atoms with Gasteiger partial charge in [-0.25, -0.2) is 4.98 Å². The minimum Gasteiger partial charge on any atom is -0.383 e. The fraction of sp³-hybridized carbons (Fsp3) is 0.154. The van der Waals surface area contributed by atoms with E-state index in [0.29, 0.717) is 11.3 Å². The van der Waals surface area contributed by atoms with Crippen LogP contribution in [0.5, 0.6) is 0 Å². The van der Waals surface area contributed by atoms with E-state index in [1.54, 1.807) is 24.5 Å². The highest BCUT2D eigenvalue weighted by Gasteiger charge is 2.18. The number of nitrogens with zero attached hydrogens (tertiary/aromatic N) is 2. The van der Waals surface area contributed by atoms with Crippen molar-refractivity contribution in [2.24, 2.45) is 0 Å². The van der Waals surface area contributed by atoms with Gasteiger partial charge in [0.25, 0.3) is 0 Å². The first-order chi connectivity index (χ1) is 8.11. The first-order valence-corrected chi connectivity index (χ1v) is 5.28. The molecule has 0 unspecified atom stereocenters. The van der Waals surface area contributed by atoms with E-state index in [1.165, 1.54) is 0 Å². The third-order valence-corrected chi connectivity index (χ3v) is 2.64. The molecule has 2 aromatic heterocycles. The molecule has 4 nitrogen and oxygen atoms in total. The molecule has 2 heterocycles. The highest BCUT2D eigenvalue weighted by atomic mass is 16.1. The van der Waals surface area contributed by atoms with Crippen molar-refractivity contribution < 1.29 is 4.79 Å². The Labute approximate surface area is 99.5 Å². The average Bonchev–Trinajstić information content (AvgIpc) is 2.29. The van der Waals surface area contributed by atoms with Gasteiger partial charge in [0.05, 0.1) is 5.56 Å². The minimum atomic E-state index is -0.175. The molecule has 0 radical (unpaired) electrons. The van der Waals surface area contributed by atoms with Crippen LogP contribution >= 0.6 is 0 Å². The number of pyridine rings is 2. The van der Waals surface area contributed by atoms with Crippen LogP contribution in [0.4, 0.5) is 5.82 Å². The van der Waals surface area contributed by atoms with E-state index in [0.717, 1.165) is 11.1 Å². The Morgan fingerprint density at radius 2 is 1.88 bits per heavy atom. The topological polar surface area (TPSA) is 68.9 Å². The van der Waals surface area contributed by atoms with Crippen molar-refractivity contribution in [3.05, 3.63) is 53.0 Å². The van der Waals surface area contributed by atoms with E-state index in [1.807, 2.05) is 19.9 Å². The fourth-order valence-electron chi connectivity index (χ4n) is 1.72. The molecule has 0 spiro atoms. The van der Waals surface area contributed by atoms with E-state index in [4.69, 9.17) is 5.73 Å². The second-order valence-electron chi connectivity index (χ2n) is 3.89. The lowest BCUT2D eigenvalue weighted by molar-refractivity contribution is 0.103. The monoisotopic (exact) mass is 227 g/mol. The number of nitrogens with two attached hydrogens (primary N) is 1. The van der Waals surface area contributed by atoms with Gasteiger partial charge in [0, 0.05) is 12.4 Å². The van der Waals surface area contributed by atoms with Crippen molar-refractivity contribution in [3.8, 4) is 0 Å². The van der Waals surface area contributed by atoms with Crippen molar-refractivity contribution in [3.63, 3.8) is 0 Å². The number of hydrogen-bond acceptors (Lipinski definition) is 4. The summed E-state index contributed by atoms with van der Waals surface area (Å²) in [5.41, 5.74) is 8.26. The number of hydrogen-bond donors (Lipinski definition) is 1. The van der Waals surface area contributed by atoms with Gasteiger partial charge in [0.1, 0.15) is 11.5 Å². The normalized spacial score (nSPS) is 10.2. The van der Waals surface area contributed by atoms with Crippen LogP contribution in [0, 0.1) is 13.8 Å². The number of carbonyl (C=O) groups is 1. The van der Waals surface area contributed by atoms with Crippen LogP contribution < -0.4 is 5.73 Å². The highest BCUT2D eigenvalue weighted by molar-refractivity contribution is 6.12. The predicted molar refractivity (Wildman–Crippen MR) is 65.8 cm³/mol. The van der Waals surface area contributed by atoms with Gasteiger partial charge in [-0.2, -0.15) is 0 Å². The number of rotatable bonds is 2. The summed E-state index contributed by atoms with van der Waals surface area (Å²) in [5.74, 6) is 0.0752. The maximum Gasteiger partial charge on any atom is 0.215 e. The molecule has 0 fully saturated rings. The van der Waals surface area contributed by atoms with E-state index in [9.17, 15) is 4.79 Å². The summed E-state index contributed by atoms with van der Waals surface area (Å²) in [6.45, 7) is 3.69. The zero-order chi connectivity index (χ0) is 12.4. The molecular formula is C13H13N3O. The molecule has 0 saturated carbocycles. The van der Waals surface area contributed by atoms with Crippen LogP contribution in [0.1, 0.15) is 27.2 Å². The van der Waals surface area contributed by atoms with Crippen molar-refractivity contribution in [2.75, 3.05) is 5.73 Å². The number of anilines is 1. The maximum absolute atomic E-state index is 12.3. The van der Waals surface area contributed by atoms with Gasteiger partial charge in [-0.15, -0.1) is 0 Å². The highest BCUT2D eigenvalue weighted by Crippen LogP contribution is 2.18. The average molecular weight is 227 g/mol. The van der Waals surface area contributed by atoms with Gasteiger partial charge in [-0.1, -0.05) is 6.07 Å². The maximum atomic E-state index is 12.3. The zero-order valence-electron chi connectivity index (χ0n) is 9.77. The zero-order valence-corrected chi connectivity index (χ0v) is 9.77. The van der Waals surface area contributed by atoms with Crippen molar-refractivity contribution >= 4 is 11.6 Å². The van der Waals surface area contributed by atoms with Crippen molar-refractivity contribution in [2.45, 2.75) is 13.8 Å². The molecule has 2 aromatic rings. The van der Waals surface area contributed by atoms with E-state index in [-0.39, 0.29) is 11.6 Å². The molecule has 0 amide bonds. The van der Waals surface area contributed by atoms with Crippen LogP contribution in [-0.4, -0.2) is 15.8 Å². The fourth-order valence-corrected chi connectivity index (χ4v) is 1.72. The van der Waals surface area contributed by atoms with Crippen LogP contribution in [0.3, 0.4) is 0 Å². The molecular weight excluding hydrogens is 214 g/mol. The third-order valence-electron chi connectivity index (χ3n) is 2.64. The van der Waals surface area contributed by atoms with Crippen molar-refractivity contribution in [1.29, 1.82) is 0 Å². The lowest BCUT2D eigenvalue weighted by atomic mass is 10.0. The van der Waals surface area contributed by atoms with E-state index < -0.39 is 0 Å². The summed E-state index contributed by atoms with van der Waals surface area (Å²) >= 11 is 0. The third kappa shape index (κ3) is 2.01. The molecule has 86 valence electrons. The van der Waals surface area contributed by atoms with E-state index in [2.05, 4.69) is 9.97 Å². The van der Waals surface area contributed by atoms with E-state index >= 15 is 0 Å². The molecule has 4 heteroatoms. The Morgan fingerprint density at radius 3 is 2.53 bits per heavy atom. The molecule has 17 heavy (non-hydrogen) atoms. The first-order valence-electron chi connectivity index (χ1n) is 5.28. The van der Waals surface area contributed by atoms with Gasteiger partial charge in [0.15, 0.2) is 0 Å². The Hall–Kier alpha value is -2.23. The number of aryl methyl sites for hydroxylation is 2. The van der Waals surface area contributed by atoms with Gasteiger partial charge < -0.3 is 5.73 Å². The lowest BCUT2D eigenvalue weighted by Gasteiger charge is -2.08. The van der Waals surface area contributed by atoms with Crippen LogP contribution in [0.2, 0.25) is 0 Å². The Kier molecular flexibility index (Phi) is 2.87. The molecule has 0 atom stereocenters. The summed E-state index contributed by atoms with van der Waals surface area (Å²) in [7, 11) is 0. The summed E-state index contributed by atoms with van der Waals surface area (Å²) in [4.78, 5) is 20.4. The molecule has 0 aliphatic rings. The number of ketones is 1. The van der Waals surface area contributed by atoms with Crippen molar-refractivity contribution in [1.82, 2.24) is 9.97 Å². The molecule has 0 bridgehead atoms. The quantitative estimate of drug-likeness (QED) is 0.795. The predicted octanol–water partition coefficient (Wildman–Crippen LogP) is 1.91. The molecule has 0 aliphatic heterocycles. The van der Waals surface area contributed by atoms with Gasteiger partial charge in [0.2, 0.25) is 5.78 Å². The van der Waals surface area contributed by atoms with Gasteiger partial charge in [-0.3, -0.25) is 9.78 Å². The first kappa shape index (κ1) is 11.3.